The van der Waals surface area contributed by atoms with Crippen molar-refractivity contribution in [3.05, 3.63) is 113 Å². The molecule has 0 bridgehead atoms. The number of amides is 1. The number of hydrogen-bond donors (Lipinski definition) is 2. The summed E-state index contributed by atoms with van der Waals surface area (Å²) in [6, 6.07) is 32.0. The van der Waals surface area contributed by atoms with Crippen LogP contribution in [0.25, 0.3) is 16.5 Å². The van der Waals surface area contributed by atoms with Crippen LogP contribution >= 0.6 is 27.7 Å². The summed E-state index contributed by atoms with van der Waals surface area (Å²) >= 11 is 4.74. The van der Waals surface area contributed by atoms with Gasteiger partial charge in [-0.05, 0) is 48.2 Å². The highest BCUT2D eigenvalue weighted by Crippen LogP contribution is 2.27. The van der Waals surface area contributed by atoms with E-state index in [9.17, 15) is 4.79 Å². The Bertz CT molecular complexity index is 1560. The second-order valence-electron chi connectivity index (χ2n) is 8.50. The molecule has 2 N–H and O–H groups in total. The van der Waals surface area contributed by atoms with Gasteiger partial charge in [-0.2, -0.15) is 5.10 Å². The molecule has 0 saturated heterocycles. The number of carbonyl (C=O) groups is 1. The number of hydrogen-bond acceptors (Lipinski definition) is 6. The molecule has 0 aliphatic rings. The third kappa shape index (κ3) is 6.12. The van der Waals surface area contributed by atoms with E-state index in [4.69, 9.17) is 0 Å². The van der Waals surface area contributed by atoms with Gasteiger partial charge in [-0.15, -0.1) is 10.2 Å². The molecule has 9 heteroatoms. The van der Waals surface area contributed by atoms with Crippen molar-refractivity contribution < 1.29 is 4.79 Å². The summed E-state index contributed by atoms with van der Waals surface area (Å²) in [4.78, 5) is 12.8. The Morgan fingerprint density at radius 1 is 0.974 bits per heavy atom. The zero-order chi connectivity index (χ0) is 26.3. The summed E-state index contributed by atoms with van der Waals surface area (Å²) in [5.41, 5.74) is 5.46. The van der Waals surface area contributed by atoms with Gasteiger partial charge < -0.3 is 5.32 Å². The molecule has 7 nitrogen and oxygen atoms in total. The molecule has 1 heterocycles. The van der Waals surface area contributed by atoms with Gasteiger partial charge >= 0.3 is 0 Å². The van der Waals surface area contributed by atoms with Crippen molar-refractivity contribution in [3.63, 3.8) is 0 Å². The van der Waals surface area contributed by atoms with Gasteiger partial charge in [-0.3, -0.25) is 9.36 Å². The fourth-order valence-electron chi connectivity index (χ4n) is 3.90. The summed E-state index contributed by atoms with van der Waals surface area (Å²) in [5, 5.41) is 19.0. The average Bonchev–Trinajstić information content (AvgIpc) is 3.35. The molecule has 0 fully saturated rings. The quantitative estimate of drug-likeness (QED) is 0.118. The van der Waals surface area contributed by atoms with Crippen LogP contribution in [0.15, 0.2) is 112 Å². The molecule has 1 unspecified atom stereocenters. The van der Waals surface area contributed by atoms with Crippen LogP contribution in [0, 0.1) is 0 Å². The third-order valence-corrected chi connectivity index (χ3v) is 7.42. The van der Waals surface area contributed by atoms with E-state index in [0.717, 1.165) is 32.6 Å². The van der Waals surface area contributed by atoms with Gasteiger partial charge in [-0.25, -0.2) is 5.43 Å². The Labute approximate surface area is 233 Å². The number of nitrogens with one attached hydrogen (secondary N) is 2. The highest BCUT2D eigenvalue weighted by atomic mass is 79.9. The van der Waals surface area contributed by atoms with Crippen molar-refractivity contribution in [2.45, 2.75) is 23.9 Å². The zero-order valence-corrected chi connectivity index (χ0v) is 23.0. The van der Waals surface area contributed by atoms with E-state index in [2.05, 4.69) is 66.2 Å². The number of benzene rings is 4. The normalized spacial score (nSPS) is 12.1. The number of hydrazone groups is 1. The van der Waals surface area contributed by atoms with Crippen molar-refractivity contribution in [3.8, 4) is 5.69 Å². The molecule has 0 saturated carbocycles. The summed E-state index contributed by atoms with van der Waals surface area (Å²) in [5.74, 6) is 0.522. The van der Waals surface area contributed by atoms with E-state index in [1.165, 1.54) is 17.1 Å². The summed E-state index contributed by atoms with van der Waals surface area (Å²) in [6.45, 7) is 2.29. The molecule has 38 heavy (non-hydrogen) atoms. The van der Waals surface area contributed by atoms with Crippen LogP contribution in [0.4, 0.5) is 5.69 Å². The summed E-state index contributed by atoms with van der Waals surface area (Å²) < 4.78 is 2.97. The Kier molecular flexibility index (Phi) is 8.15. The molecular formula is C29H25BrN6OS. The maximum Gasteiger partial charge on any atom is 0.253 e. The maximum atomic E-state index is 12.8. The number of rotatable bonds is 9. The Hall–Kier alpha value is -3.95. The van der Waals surface area contributed by atoms with E-state index in [1.54, 1.807) is 6.21 Å². The predicted molar refractivity (Wildman–Crippen MR) is 158 cm³/mol. The molecular weight excluding hydrogens is 560 g/mol. The van der Waals surface area contributed by atoms with Crippen molar-refractivity contribution in [1.82, 2.24) is 20.2 Å². The molecule has 0 aliphatic carbocycles. The van der Waals surface area contributed by atoms with Crippen LogP contribution in [0.5, 0.6) is 0 Å². The number of aromatic nitrogens is 3. The first kappa shape index (κ1) is 25.7. The van der Waals surface area contributed by atoms with Gasteiger partial charge in [0.15, 0.2) is 11.0 Å². The van der Waals surface area contributed by atoms with Crippen LogP contribution in [0.2, 0.25) is 0 Å². The van der Waals surface area contributed by atoms with Crippen LogP contribution < -0.4 is 10.7 Å². The molecule has 4 aromatic carbocycles. The first-order chi connectivity index (χ1) is 18.6. The van der Waals surface area contributed by atoms with Gasteiger partial charge in [0.25, 0.3) is 5.91 Å². The second-order valence-corrected chi connectivity index (χ2v) is 10.7. The maximum absolute atomic E-state index is 12.8. The van der Waals surface area contributed by atoms with Gasteiger partial charge in [0.1, 0.15) is 0 Å². The minimum atomic E-state index is -0.442. The van der Waals surface area contributed by atoms with E-state index in [1.807, 2.05) is 84.3 Å². The topological polar surface area (TPSA) is 84.2 Å². The number of carbonyl (C=O) groups excluding carboxylic acids is 1. The minimum absolute atomic E-state index is 0.221. The number of thioether (sulfide) groups is 1. The Morgan fingerprint density at radius 3 is 2.53 bits per heavy atom. The van der Waals surface area contributed by atoms with Gasteiger partial charge in [-0.1, -0.05) is 94.4 Å². The van der Waals surface area contributed by atoms with Crippen LogP contribution in [0.1, 0.15) is 18.3 Å². The average molecular weight is 586 g/mol. The lowest BCUT2D eigenvalue weighted by Gasteiger charge is -2.14. The Balaban J connectivity index is 1.32. The standard InChI is InChI=1S/C29H25BrN6OS/c1-20(28(37)34-32-18-21-14-16-23(30)17-15-21)38-29-35-33-27(36(29)24-10-3-2-4-11-24)19-31-26-13-7-9-22-8-5-6-12-25(22)26/h2-18,20,31H,19H2,1H3,(H,34,37)/b32-18+. The molecule has 1 amide bonds. The lowest BCUT2D eigenvalue weighted by molar-refractivity contribution is -0.120. The van der Waals surface area contributed by atoms with Crippen LogP contribution in [-0.4, -0.2) is 32.1 Å². The highest BCUT2D eigenvalue weighted by molar-refractivity contribution is 9.10. The molecule has 0 radical (unpaired) electrons. The second kappa shape index (κ2) is 12.1. The first-order valence-corrected chi connectivity index (χ1v) is 13.7. The zero-order valence-electron chi connectivity index (χ0n) is 20.6. The Morgan fingerprint density at radius 2 is 1.71 bits per heavy atom. The molecule has 5 rings (SSSR count). The molecule has 5 aromatic rings. The molecule has 1 aromatic heterocycles. The smallest absolute Gasteiger partial charge is 0.253 e. The van der Waals surface area contributed by atoms with Gasteiger partial charge in [0, 0.05) is 21.2 Å². The predicted octanol–water partition coefficient (Wildman–Crippen LogP) is 6.43. The molecule has 190 valence electrons. The lowest BCUT2D eigenvalue weighted by atomic mass is 10.1. The monoisotopic (exact) mass is 584 g/mol. The fourth-order valence-corrected chi connectivity index (χ4v) is 5.05. The number of para-hydroxylation sites is 1. The van der Waals surface area contributed by atoms with E-state index < -0.39 is 5.25 Å². The number of nitrogens with zero attached hydrogens (tertiary/aromatic N) is 4. The third-order valence-electron chi connectivity index (χ3n) is 5.85. The lowest BCUT2D eigenvalue weighted by Crippen LogP contribution is -2.27. The number of anilines is 1. The minimum Gasteiger partial charge on any atom is -0.377 e. The van der Waals surface area contributed by atoms with E-state index in [-0.39, 0.29) is 5.91 Å². The van der Waals surface area contributed by atoms with Crippen molar-refractivity contribution >= 4 is 56.3 Å². The van der Waals surface area contributed by atoms with E-state index in [0.29, 0.717) is 11.7 Å². The van der Waals surface area contributed by atoms with E-state index >= 15 is 0 Å². The summed E-state index contributed by atoms with van der Waals surface area (Å²) in [7, 11) is 0. The van der Waals surface area contributed by atoms with Crippen LogP contribution in [0.3, 0.4) is 0 Å². The van der Waals surface area contributed by atoms with Gasteiger partial charge in [0.2, 0.25) is 0 Å². The molecule has 0 spiro atoms. The number of fused-ring (bicyclic) bond motifs is 1. The SMILES string of the molecule is CC(Sc1nnc(CNc2cccc3ccccc23)n1-c1ccccc1)C(=O)N/N=C/c1ccc(Br)cc1. The highest BCUT2D eigenvalue weighted by Gasteiger charge is 2.21. The van der Waals surface area contributed by atoms with Gasteiger partial charge in [0.05, 0.1) is 18.0 Å². The van der Waals surface area contributed by atoms with Crippen LogP contribution in [-0.2, 0) is 11.3 Å². The fraction of sp³-hybridized carbons (Fsp3) is 0.103. The van der Waals surface area contributed by atoms with Crippen molar-refractivity contribution in [1.29, 1.82) is 0 Å². The van der Waals surface area contributed by atoms with Crippen molar-refractivity contribution in [2.75, 3.05) is 5.32 Å². The largest absolute Gasteiger partial charge is 0.377 e. The van der Waals surface area contributed by atoms with Crippen molar-refractivity contribution in [2.24, 2.45) is 5.10 Å². The molecule has 1 atom stereocenters. The number of halogens is 1. The first-order valence-electron chi connectivity index (χ1n) is 12.0. The molecule has 0 aliphatic heterocycles. The summed E-state index contributed by atoms with van der Waals surface area (Å²) in [6.07, 6.45) is 1.62.